The molecule has 1 N–H and O–H groups in total. The van der Waals surface area contributed by atoms with Crippen LogP contribution in [0.25, 0.3) is 28.1 Å². The van der Waals surface area contributed by atoms with Crippen molar-refractivity contribution < 1.29 is 13.5 Å². The second-order valence-corrected chi connectivity index (χ2v) is 9.50. The summed E-state index contributed by atoms with van der Waals surface area (Å²) in [5.74, 6) is -1.32. The average Bonchev–Trinajstić information content (AvgIpc) is 2.94. The van der Waals surface area contributed by atoms with Crippen molar-refractivity contribution in [3.05, 3.63) is 89.9 Å². The minimum atomic E-state index is -0.905. The standard InChI is InChI=1S/C30H27F2N5O/c1-38-30-24(11-7-15-33-30)36-25-17-27-29(18-26(25)34-19-8-3-2-4-9-19)37(20-13-14-21(31)22(32)16-20)28-12-6-5-10-23(28)35-27/h5-7,10-19,36H,2-4,8-9H2,1H3/b34-26+. The number of hydrogen-bond donors (Lipinski definition) is 1. The fraction of sp³-hybridized carbons (Fsp3) is 0.233. The molecular formula is C30H27F2N5O. The molecule has 2 aliphatic carbocycles. The molecule has 192 valence electrons. The van der Waals surface area contributed by atoms with Crippen molar-refractivity contribution >= 4 is 22.4 Å². The number of halogens is 2. The Morgan fingerprint density at radius 2 is 1.76 bits per heavy atom. The molecule has 1 aromatic heterocycles. The normalized spacial score (nSPS) is 14.8. The van der Waals surface area contributed by atoms with Gasteiger partial charge in [0.1, 0.15) is 5.69 Å². The summed E-state index contributed by atoms with van der Waals surface area (Å²) in [6.45, 7) is 0. The molecule has 2 aromatic carbocycles. The minimum Gasteiger partial charge on any atom is -0.480 e. The molecule has 3 aromatic rings. The molecule has 0 amide bonds. The van der Waals surface area contributed by atoms with Crippen molar-refractivity contribution in [1.29, 1.82) is 0 Å². The fourth-order valence-electron chi connectivity index (χ4n) is 5.15. The lowest BCUT2D eigenvalue weighted by Crippen LogP contribution is -2.19. The largest absolute Gasteiger partial charge is 0.480 e. The number of nitrogens with zero attached hydrogens (tertiary/aromatic N) is 4. The number of ether oxygens (including phenoxy) is 1. The highest BCUT2D eigenvalue weighted by Gasteiger charge is 2.19. The van der Waals surface area contributed by atoms with Gasteiger partial charge in [0.2, 0.25) is 5.88 Å². The number of methoxy groups -OCH3 is 1. The molecule has 0 unspecified atom stereocenters. The first kappa shape index (κ1) is 24.0. The monoisotopic (exact) mass is 511 g/mol. The number of rotatable bonds is 5. The molecule has 2 heterocycles. The second-order valence-electron chi connectivity index (χ2n) is 9.50. The molecule has 0 spiro atoms. The molecule has 8 heteroatoms. The van der Waals surface area contributed by atoms with Crippen LogP contribution in [0.2, 0.25) is 0 Å². The van der Waals surface area contributed by atoms with E-state index in [1.807, 2.05) is 53.1 Å². The molecule has 6 nitrogen and oxygen atoms in total. The van der Waals surface area contributed by atoms with Gasteiger partial charge in [-0.25, -0.2) is 18.7 Å². The topological polar surface area (TPSA) is 64.3 Å². The Hall–Kier alpha value is -4.33. The van der Waals surface area contributed by atoms with Gasteiger partial charge in [-0.15, -0.1) is 0 Å². The van der Waals surface area contributed by atoms with Crippen LogP contribution in [0.5, 0.6) is 5.88 Å². The molecule has 38 heavy (non-hydrogen) atoms. The van der Waals surface area contributed by atoms with Crippen LogP contribution < -0.4 is 15.4 Å². The highest BCUT2D eigenvalue weighted by Crippen LogP contribution is 2.32. The number of fused-ring (bicyclic) bond motifs is 2. The van der Waals surface area contributed by atoms with Gasteiger partial charge in [-0.1, -0.05) is 31.4 Å². The summed E-state index contributed by atoms with van der Waals surface area (Å²) in [6, 6.07) is 19.5. The van der Waals surface area contributed by atoms with Gasteiger partial charge < -0.3 is 14.6 Å². The third kappa shape index (κ3) is 4.58. The van der Waals surface area contributed by atoms with Gasteiger partial charge in [-0.3, -0.25) is 4.99 Å². The van der Waals surface area contributed by atoms with Crippen molar-refractivity contribution in [1.82, 2.24) is 14.5 Å². The highest BCUT2D eigenvalue weighted by molar-refractivity contribution is 5.84. The lowest BCUT2D eigenvalue weighted by molar-refractivity contribution is 0.400. The van der Waals surface area contributed by atoms with Crippen molar-refractivity contribution in [2.24, 2.45) is 4.99 Å². The molecule has 3 aliphatic rings. The Balaban J connectivity index is 1.63. The molecule has 0 radical (unpaired) electrons. The maximum absolute atomic E-state index is 14.4. The Labute approximate surface area is 219 Å². The zero-order chi connectivity index (χ0) is 26.1. The summed E-state index contributed by atoms with van der Waals surface area (Å²) in [6.07, 6.45) is 7.29. The van der Waals surface area contributed by atoms with Gasteiger partial charge in [0, 0.05) is 18.0 Å². The second kappa shape index (κ2) is 10.2. The van der Waals surface area contributed by atoms with Crippen LogP contribution in [-0.2, 0) is 0 Å². The number of aromatic nitrogens is 3. The number of pyridine rings is 1. The maximum Gasteiger partial charge on any atom is 0.237 e. The van der Waals surface area contributed by atoms with E-state index >= 15 is 0 Å². The first-order valence-corrected chi connectivity index (χ1v) is 12.8. The third-order valence-corrected chi connectivity index (χ3v) is 6.99. The number of anilines is 2. The van der Waals surface area contributed by atoms with Crippen molar-refractivity contribution in [3.63, 3.8) is 0 Å². The van der Waals surface area contributed by atoms with Crippen LogP contribution in [0, 0.1) is 11.6 Å². The average molecular weight is 512 g/mol. The van der Waals surface area contributed by atoms with Crippen LogP contribution in [-0.4, -0.2) is 27.7 Å². The maximum atomic E-state index is 14.4. The summed E-state index contributed by atoms with van der Waals surface area (Å²) < 4.78 is 35.6. The van der Waals surface area contributed by atoms with Gasteiger partial charge in [-0.05, 0) is 61.4 Å². The number of para-hydroxylation sites is 2. The number of benzene rings is 3. The Kier molecular flexibility index (Phi) is 6.45. The Morgan fingerprint density at radius 1 is 0.921 bits per heavy atom. The van der Waals surface area contributed by atoms with E-state index in [-0.39, 0.29) is 6.04 Å². The molecule has 1 saturated carbocycles. The van der Waals surface area contributed by atoms with Crippen LogP contribution in [0.1, 0.15) is 32.1 Å². The van der Waals surface area contributed by atoms with Crippen LogP contribution in [0.3, 0.4) is 0 Å². The van der Waals surface area contributed by atoms with Gasteiger partial charge >= 0.3 is 0 Å². The van der Waals surface area contributed by atoms with Gasteiger partial charge in [0.15, 0.2) is 11.6 Å². The van der Waals surface area contributed by atoms with E-state index in [0.717, 1.165) is 59.5 Å². The van der Waals surface area contributed by atoms with E-state index in [9.17, 15) is 8.78 Å². The van der Waals surface area contributed by atoms with Crippen LogP contribution in [0.4, 0.5) is 20.2 Å². The van der Waals surface area contributed by atoms with Crippen molar-refractivity contribution in [3.8, 4) is 23.0 Å². The summed E-state index contributed by atoms with van der Waals surface area (Å²) in [5.41, 5.74) is 4.92. The number of nitrogens with one attached hydrogen (secondary N) is 1. The predicted octanol–water partition coefficient (Wildman–Crippen LogP) is 6.79. The predicted molar refractivity (Wildman–Crippen MR) is 144 cm³/mol. The molecule has 0 atom stereocenters. The first-order chi connectivity index (χ1) is 18.6. The van der Waals surface area contributed by atoms with Crippen molar-refractivity contribution in [2.45, 2.75) is 38.1 Å². The Morgan fingerprint density at radius 3 is 2.58 bits per heavy atom. The van der Waals surface area contributed by atoms with E-state index in [2.05, 4.69) is 10.3 Å². The van der Waals surface area contributed by atoms with Gasteiger partial charge in [-0.2, -0.15) is 0 Å². The fourth-order valence-corrected chi connectivity index (χ4v) is 5.15. The van der Waals surface area contributed by atoms with Crippen molar-refractivity contribution in [2.75, 3.05) is 12.4 Å². The highest BCUT2D eigenvalue weighted by atomic mass is 19.2. The van der Waals surface area contributed by atoms with Crippen LogP contribution >= 0.6 is 0 Å². The molecule has 1 aliphatic heterocycles. The first-order valence-electron chi connectivity index (χ1n) is 12.8. The minimum absolute atomic E-state index is 0.211. The van der Waals surface area contributed by atoms with Gasteiger partial charge in [0.25, 0.3) is 0 Å². The zero-order valence-electron chi connectivity index (χ0n) is 21.0. The SMILES string of the molecule is COc1ncccc1Nc1cc2nc3ccccc3n(-c3ccc(F)c(F)c3)c-2c/c1=N\C1CCCCC1. The molecule has 0 bridgehead atoms. The summed E-state index contributed by atoms with van der Waals surface area (Å²) >= 11 is 0. The smallest absolute Gasteiger partial charge is 0.237 e. The molecular weight excluding hydrogens is 484 g/mol. The van der Waals surface area contributed by atoms with Crippen LogP contribution in [0.15, 0.2) is 77.9 Å². The lowest BCUT2D eigenvalue weighted by atomic mass is 9.96. The zero-order valence-corrected chi connectivity index (χ0v) is 21.0. The molecule has 6 rings (SSSR count). The van der Waals surface area contributed by atoms with E-state index in [0.29, 0.717) is 22.9 Å². The van der Waals surface area contributed by atoms with E-state index in [1.165, 1.54) is 12.5 Å². The van der Waals surface area contributed by atoms with Gasteiger partial charge in [0.05, 0.1) is 46.6 Å². The lowest BCUT2D eigenvalue weighted by Gasteiger charge is -2.22. The van der Waals surface area contributed by atoms with E-state index in [1.54, 1.807) is 19.4 Å². The Bertz CT molecular complexity index is 1660. The molecule has 0 saturated heterocycles. The van der Waals surface area contributed by atoms with E-state index < -0.39 is 11.6 Å². The summed E-state index contributed by atoms with van der Waals surface area (Å²) in [4.78, 5) is 14.4. The quantitative estimate of drug-likeness (QED) is 0.264. The molecule has 1 fully saturated rings. The summed E-state index contributed by atoms with van der Waals surface area (Å²) in [5, 5.41) is 4.22. The third-order valence-electron chi connectivity index (χ3n) is 6.99. The van der Waals surface area contributed by atoms with E-state index in [4.69, 9.17) is 14.7 Å². The number of hydrogen-bond acceptors (Lipinski definition) is 5. The summed E-state index contributed by atoms with van der Waals surface area (Å²) in [7, 11) is 1.58.